The van der Waals surface area contributed by atoms with Crippen LogP contribution in [-0.2, 0) is 35.2 Å². The predicted molar refractivity (Wildman–Crippen MR) is 127 cm³/mol. The smallest absolute Gasteiger partial charge is 0.449 e. The Morgan fingerprint density at radius 1 is 1.18 bits per heavy atom. The van der Waals surface area contributed by atoms with Gasteiger partial charge in [0.1, 0.15) is 28.7 Å². The number of carbonyl (C=O) groups excluding carboxylic acids is 2. The van der Waals surface area contributed by atoms with Gasteiger partial charge < -0.3 is 24.6 Å². The average Bonchev–Trinajstić information content (AvgIpc) is 3.15. The number of hydrogen-bond donors (Lipinski definition) is 2. The van der Waals surface area contributed by atoms with Crippen molar-refractivity contribution in [1.82, 2.24) is 19.8 Å². The highest BCUT2D eigenvalue weighted by molar-refractivity contribution is 5.78. The van der Waals surface area contributed by atoms with Crippen LogP contribution in [0.25, 0.3) is 5.76 Å². The van der Waals surface area contributed by atoms with Crippen molar-refractivity contribution >= 4 is 17.8 Å². The molecule has 38 heavy (non-hydrogen) atoms. The largest absolute Gasteiger partial charge is 0.506 e. The number of nitrogens with zero attached hydrogens (tertiary/aromatic N) is 3. The summed E-state index contributed by atoms with van der Waals surface area (Å²) in [5, 5.41) is 12.3. The molecule has 1 aliphatic heterocycles. The lowest BCUT2D eigenvalue weighted by Gasteiger charge is -2.31. The van der Waals surface area contributed by atoms with Crippen molar-refractivity contribution in [1.29, 1.82) is 0 Å². The number of nitrogens with one attached hydrogen (secondary N) is 1. The summed E-state index contributed by atoms with van der Waals surface area (Å²) in [7, 11) is 0. The molecular formula is C25H29F5N4O4. The number of aryl methyl sites for hydroxylation is 1. The first-order valence-electron chi connectivity index (χ1n) is 11.7. The van der Waals surface area contributed by atoms with Crippen LogP contribution < -0.4 is 5.32 Å². The van der Waals surface area contributed by atoms with Crippen molar-refractivity contribution in [3.63, 3.8) is 0 Å². The van der Waals surface area contributed by atoms with E-state index >= 15 is 0 Å². The molecule has 0 spiro atoms. The molecular weight excluding hydrogens is 515 g/mol. The molecule has 0 unspecified atom stereocenters. The van der Waals surface area contributed by atoms with Gasteiger partial charge in [0.05, 0.1) is 12.2 Å². The number of amides is 2. The summed E-state index contributed by atoms with van der Waals surface area (Å²) >= 11 is 0. The van der Waals surface area contributed by atoms with Crippen LogP contribution in [0.1, 0.15) is 55.5 Å². The highest BCUT2D eigenvalue weighted by Gasteiger charge is 2.41. The molecule has 1 aromatic heterocycles. The molecule has 0 bridgehead atoms. The maximum absolute atomic E-state index is 14.5. The van der Waals surface area contributed by atoms with E-state index in [0.717, 1.165) is 16.7 Å². The van der Waals surface area contributed by atoms with E-state index in [0.29, 0.717) is 0 Å². The zero-order valence-electron chi connectivity index (χ0n) is 21.4. The minimum Gasteiger partial charge on any atom is -0.506 e. The first-order valence-corrected chi connectivity index (χ1v) is 11.7. The number of benzene rings is 1. The van der Waals surface area contributed by atoms with E-state index in [9.17, 15) is 36.6 Å². The predicted octanol–water partition coefficient (Wildman–Crippen LogP) is 4.89. The minimum absolute atomic E-state index is 0.0484. The van der Waals surface area contributed by atoms with Crippen LogP contribution in [0.15, 0.2) is 18.7 Å². The van der Waals surface area contributed by atoms with E-state index in [1.807, 2.05) is 0 Å². The molecule has 0 saturated carbocycles. The quantitative estimate of drug-likeness (QED) is 0.399. The number of rotatable bonds is 6. The molecule has 2 amide bonds. The SMILES string of the molecule is C=C(O)c1nc(C(F)(F)F)n2c1CN(C(=O)C[C@@H](Cc1cc(F)c(C)cc1F)NC(=O)OC(C)(C)C)CC2. The van der Waals surface area contributed by atoms with Crippen molar-refractivity contribution in [2.75, 3.05) is 6.54 Å². The van der Waals surface area contributed by atoms with Crippen LogP contribution in [-0.4, -0.2) is 49.7 Å². The lowest BCUT2D eigenvalue weighted by Crippen LogP contribution is -2.45. The molecule has 13 heteroatoms. The molecule has 2 N–H and O–H groups in total. The number of halogens is 5. The Labute approximate surface area is 216 Å². The fraction of sp³-hybridized carbons (Fsp3) is 0.480. The Kier molecular flexibility index (Phi) is 8.08. The summed E-state index contributed by atoms with van der Waals surface area (Å²) in [4.78, 5) is 30.3. The number of imidazole rings is 1. The van der Waals surface area contributed by atoms with Gasteiger partial charge in [-0.15, -0.1) is 0 Å². The first-order chi connectivity index (χ1) is 17.5. The summed E-state index contributed by atoms with van der Waals surface area (Å²) in [5.74, 6) is -3.86. The third kappa shape index (κ3) is 6.81. The molecule has 1 atom stereocenters. The highest BCUT2D eigenvalue weighted by Crippen LogP contribution is 2.34. The number of aromatic nitrogens is 2. The number of ether oxygens (including phenoxy) is 1. The van der Waals surface area contributed by atoms with Crippen LogP contribution in [0.4, 0.5) is 26.7 Å². The summed E-state index contributed by atoms with van der Waals surface area (Å²) in [6, 6.07) is 0.958. The van der Waals surface area contributed by atoms with Crippen LogP contribution in [0.3, 0.4) is 0 Å². The van der Waals surface area contributed by atoms with Crippen LogP contribution in [0.2, 0.25) is 0 Å². The van der Waals surface area contributed by atoms with E-state index in [2.05, 4.69) is 16.9 Å². The molecule has 0 aliphatic carbocycles. The van der Waals surface area contributed by atoms with Gasteiger partial charge in [0.15, 0.2) is 0 Å². The summed E-state index contributed by atoms with van der Waals surface area (Å²) in [5.41, 5.74) is -1.29. The number of fused-ring (bicyclic) bond motifs is 1. The van der Waals surface area contributed by atoms with Gasteiger partial charge in [0, 0.05) is 25.6 Å². The van der Waals surface area contributed by atoms with Gasteiger partial charge >= 0.3 is 12.3 Å². The van der Waals surface area contributed by atoms with E-state index in [-0.39, 0.29) is 55.0 Å². The topological polar surface area (TPSA) is 96.7 Å². The van der Waals surface area contributed by atoms with E-state index in [4.69, 9.17) is 4.74 Å². The second-order valence-corrected chi connectivity index (χ2v) is 10.1. The lowest BCUT2D eigenvalue weighted by molar-refractivity contribution is -0.148. The normalized spacial score (nSPS) is 14.6. The van der Waals surface area contributed by atoms with Gasteiger partial charge in [0.2, 0.25) is 11.7 Å². The van der Waals surface area contributed by atoms with E-state index in [1.165, 1.54) is 11.8 Å². The molecule has 0 saturated heterocycles. The molecule has 3 rings (SSSR count). The Balaban J connectivity index is 1.84. The standard InChI is InChI=1S/C25H29F5N4O4/c1-13-8-18(27)15(10-17(13)26)9-16(31-23(37)38-24(3,4)5)11-20(36)33-6-7-34-19(12-33)21(14(2)35)32-22(34)25(28,29)30/h8,10,16,35H,2,6-7,9,11-12H2,1,3-5H3,(H,31,37)/t16-/m1/s1. The van der Waals surface area contributed by atoms with Gasteiger partial charge in [-0.1, -0.05) is 6.58 Å². The van der Waals surface area contributed by atoms with Crippen molar-refractivity contribution in [2.24, 2.45) is 0 Å². The van der Waals surface area contributed by atoms with Gasteiger partial charge in [-0.2, -0.15) is 13.2 Å². The molecule has 2 aromatic rings. The Morgan fingerprint density at radius 3 is 2.42 bits per heavy atom. The van der Waals surface area contributed by atoms with Crippen molar-refractivity contribution in [3.8, 4) is 0 Å². The minimum atomic E-state index is -4.79. The third-order valence-corrected chi connectivity index (χ3v) is 5.82. The number of alkyl halides is 3. The van der Waals surface area contributed by atoms with Crippen LogP contribution in [0.5, 0.6) is 0 Å². The van der Waals surface area contributed by atoms with Gasteiger partial charge in [-0.05, 0) is 57.4 Å². The van der Waals surface area contributed by atoms with Gasteiger partial charge in [-0.25, -0.2) is 18.6 Å². The molecule has 0 fully saturated rings. The Bertz CT molecular complexity index is 1250. The third-order valence-electron chi connectivity index (χ3n) is 5.82. The monoisotopic (exact) mass is 544 g/mol. The molecule has 208 valence electrons. The molecule has 0 radical (unpaired) electrons. The Hall–Kier alpha value is -3.64. The maximum Gasteiger partial charge on any atom is 0.449 e. The van der Waals surface area contributed by atoms with Crippen molar-refractivity contribution in [3.05, 3.63) is 58.7 Å². The second kappa shape index (κ2) is 10.6. The summed E-state index contributed by atoms with van der Waals surface area (Å²) in [6.45, 7) is 8.84. The number of aliphatic hydroxyl groups excluding tert-OH is 1. The Morgan fingerprint density at radius 2 is 1.84 bits per heavy atom. The first kappa shape index (κ1) is 28.9. The molecule has 1 aromatic carbocycles. The lowest BCUT2D eigenvalue weighted by atomic mass is 10.0. The van der Waals surface area contributed by atoms with Gasteiger partial charge in [-0.3, -0.25) is 4.79 Å². The molecule has 8 nitrogen and oxygen atoms in total. The molecule has 1 aliphatic rings. The molecule has 2 heterocycles. The summed E-state index contributed by atoms with van der Waals surface area (Å²) in [6.07, 6.45) is -6.31. The zero-order chi connectivity index (χ0) is 28.6. The van der Waals surface area contributed by atoms with E-state index < -0.39 is 53.0 Å². The van der Waals surface area contributed by atoms with Crippen molar-refractivity contribution < 1.29 is 41.4 Å². The fourth-order valence-electron chi connectivity index (χ4n) is 4.13. The van der Waals surface area contributed by atoms with Gasteiger partial charge in [0.25, 0.3) is 0 Å². The van der Waals surface area contributed by atoms with Crippen LogP contribution in [0, 0.1) is 18.6 Å². The fourth-order valence-corrected chi connectivity index (χ4v) is 4.13. The number of carbonyl (C=O) groups is 2. The van der Waals surface area contributed by atoms with E-state index in [1.54, 1.807) is 20.8 Å². The highest BCUT2D eigenvalue weighted by atomic mass is 19.4. The number of hydrogen-bond acceptors (Lipinski definition) is 5. The second-order valence-electron chi connectivity index (χ2n) is 10.1. The van der Waals surface area contributed by atoms with Crippen molar-refractivity contribution in [2.45, 2.75) is 71.4 Å². The zero-order valence-corrected chi connectivity index (χ0v) is 21.4. The number of alkyl carbamates (subject to hydrolysis) is 1. The number of aliphatic hydroxyl groups is 1. The maximum atomic E-state index is 14.5. The summed E-state index contributed by atoms with van der Waals surface area (Å²) < 4.78 is 75.0. The van der Waals surface area contributed by atoms with Crippen LogP contribution >= 0.6 is 0 Å². The average molecular weight is 545 g/mol.